The summed E-state index contributed by atoms with van der Waals surface area (Å²) in [6, 6.07) is 9.95. The second kappa shape index (κ2) is 8.05. The van der Waals surface area contributed by atoms with Gasteiger partial charge in [-0.1, -0.05) is 37.3 Å². The zero-order chi connectivity index (χ0) is 17.6. The van der Waals surface area contributed by atoms with Gasteiger partial charge in [0.1, 0.15) is 12.4 Å². The van der Waals surface area contributed by atoms with Crippen molar-refractivity contribution >= 4 is 5.91 Å². The van der Waals surface area contributed by atoms with E-state index in [0.717, 1.165) is 12.0 Å². The fraction of sp³-hybridized carbons (Fsp3) is 0.421. The minimum atomic E-state index is -0.501. The van der Waals surface area contributed by atoms with Crippen LogP contribution in [-0.4, -0.2) is 40.0 Å². The summed E-state index contributed by atoms with van der Waals surface area (Å²) in [6.07, 6.45) is 3.45. The number of aryl methyl sites for hydroxylation is 2. The number of benzene rings is 1. The van der Waals surface area contributed by atoms with Gasteiger partial charge in [-0.15, -0.1) is 0 Å². The first kappa shape index (κ1) is 17.3. The van der Waals surface area contributed by atoms with Crippen molar-refractivity contribution in [3.05, 3.63) is 53.7 Å². The van der Waals surface area contributed by atoms with Gasteiger partial charge in [-0.05, 0) is 18.4 Å². The topological polar surface area (TPSA) is 55.3 Å². The average Bonchev–Trinajstić information content (AvgIpc) is 3.11. The quantitative estimate of drug-likeness (QED) is 0.809. The standard InChI is InChI=1S/C19H22FN3O2/c1-2-16-18(20)19(22-13-21-16)25-15-10-11-23(12-15)17(24)9-8-14-6-4-3-5-7-14/h3-7,13,15H,2,8-12H2,1H3/t15-/m0/s1. The number of amides is 1. The normalized spacial score (nSPS) is 16.9. The third kappa shape index (κ3) is 4.32. The number of hydrogen-bond donors (Lipinski definition) is 0. The maximum atomic E-state index is 14.2. The first-order valence-electron chi connectivity index (χ1n) is 8.65. The van der Waals surface area contributed by atoms with Crippen molar-refractivity contribution < 1.29 is 13.9 Å². The minimum Gasteiger partial charge on any atom is -0.470 e. The summed E-state index contributed by atoms with van der Waals surface area (Å²) in [5, 5.41) is 0. The van der Waals surface area contributed by atoms with Gasteiger partial charge in [-0.25, -0.2) is 4.98 Å². The van der Waals surface area contributed by atoms with Crippen LogP contribution in [0.25, 0.3) is 0 Å². The molecular weight excluding hydrogens is 321 g/mol. The van der Waals surface area contributed by atoms with Gasteiger partial charge in [0.25, 0.3) is 5.88 Å². The van der Waals surface area contributed by atoms with E-state index in [-0.39, 0.29) is 17.9 Å². The summed E-state index contributed by atoms with van der Waals surface area (Å²) in [4.78, 5) is 21.9. The molecule has 132 valence electrons. The molecule has 1 saturated heterocycles. The Labute approximate surface area is 146 Å². The average molecular weight is 343 g/mol. The zero-order valence-corrected chi connectivity index (χ0v) is 14.3. The van der Waals surface area contributed by atoms with E-state index in [9.17, 15) is 9.18 Å². The van der Waals surface area contributed by atoms with Crippen LogP contribution in [0.2, 0.25) is 0 Å². The molecule has 1 aliphatic rings. The molecule has 2 aromatic rings. The van der Waals surface area contributed by atoms with E-state index >= 15 is 0 Å². The van der Waals surface area contributed by atoms with Crippen LogP contribution in [0.1, 0.15) is 31.0 Å². The molecule has 0 unspecified atom stereocenters. The van der Waals surface area contributed by atoms with Gasteiger partial charge >= 0.3 is 0 Å². The highest BCUT2D eigenvalue weighted by atomic mass is 19.1. The number of hydrogen-bond acceptors (Lipinski definition) is 4. The summed E-state index contributed by atoms with van der Waals surface area (Å²) >= 11 is 0. The lowest BCUT2D eigenvalue weighted by molar-refractivity contribution is -0.130. The highest BCUT2D eigenvalue weighted by Gasteiger charge is 2.28. The third-order valence-electron chi connectivity index (χ3n) is 4.41. The van der Waals surface area contributed by atoms with Crippen LogP contribution >= 0.6 is 0 Å². The third-order valence-corrected chi connectivity index (χ3v) is 4.41. The van der Waals surface area contributed by atoms with Gasteiger partial charge in [0, 0.05) is 19.4 Å². The summed E-state index contributed by atoms with van der Waals surface area (Å²) in [6.45, 7) is 2.93. The molecule has 3 rings (SSSR count). The van der Waals surface area contributed by atoms with E-state index in [4.69, 9.17) is 4.74 Å². The van der Waals surface area contributed by atoms with E-state index < -0.39 is 5.82 Å². The number of rotatable bonds is 6. The number of carbonyl (C=O) groups excluding carboxylic acids is 1. The molecule has 0 saturated carbocycles. The van der Waals surface area contributed by atoms with Gasteiger partial charge in [0.15, 0.2) is 0 Å². The molecule has 0 aliphatic carbocycles. The van der Waals surface area contributed by atoms with Crippen LogP contribution in [0.3, 0.4) is 0 Å². The Kier molecular flexibility index (Phi) is 5.58. The fourth-order valence-corrected chi connectivity index (χ4v) is 2.98. The Hall–Kier alpha value is -2.50. The van der Waals surface area contributed by atoms with Crippen LogP contribution in [0.5, 0.6) is 5.88 Å². The Morgan fingerprint density at radius 2 is 2.12 bits per heavy atom. The highest BCUT2D eigenvalue weighted by molar-refractivity contribution is 5.76. The van der Waals surface area contributed by atoms with E-state index in [1.165, 1.54) is 6.33 Å². The molecule has 1 aromatic carbocycles. The number of nitrogens with zero attached hydrogens (tertiary/aromatic N) is 3. The van der Waals surface area contributed by atoms with Crippen molar-refractivity contribution in [1.82, 2.24) is 14.9 Å². The molecule has 0 bridgehead atoms. The van der Waals surface area contributed by atoms with E-state index in [2.05, 4.69) is 9.97 Å². The molecule has 6 heteroatoms. The van der Waals surface area contributed by atoms with Crippen molar-refractivity contribution in [3.8, 4) is 5.88 Å². The van der Waals surface area contributed by atoms with Crippen molar-refractivity contribution in [2.75, 3.05) is 13.1 Å². The van der Waals surface area contributed by atoms with E-state index in [1.54, 1.807) is 4.90 Å². The maximum absolute atomic E-state index is 14.2. The summed E-state index contributed by atoms with van der Waals surface area (Å²) in [5.74, 6) is -0.415. The maximum Gasteiger partial charge on any atom is 0.254 e. The number of likely N-dealkylation sites (tertiary alicyclic amines) is 1. The molecule has 0 spiro atoms. The molecule has 1 aromatic heterocycles. The molecule has 0 radical (unpaired) electrons. The molecule has 1 aliphatic heterocycles. The van der Waals surface area contributed by atoms with Crippen LogP contribution in [-0.2, 0) is 17.6 Å². The predicted octanol–water partition coefficient (Wildman–Crippen LogP) is 2.79. The first-order chi connectivity index (χ1) is 12.2. The Bertz CT molecular complexity index is 724. The Morgan fingerprint density at radius 3 is 2.88 bits per heavy atom. The molecule has 1 atom stereocenters. The predicted molar refractivity (Wildman–Crippen MR) is 91.7 cm³/mol. The van der Waals surface area contributed by atoms with Crippen molar-refractivity contribution in [1.29, 1.82) is 0 Å². The number of carbonyl (C=O) groups is 1. The van der Waals surface area contributed by atoms with Gasteiger partial charge in [0.05, 0.1) is 12.2 Å². The summed E-state index contributed by atoms with van der Waals surface area (Å²) in [7, 11) is 0. The lowest BCUT2D eigenvalue weighted by Gasteiger charge is -2.17. The van der Waals surface area contributed by atoms with Crippen molar-refractivity contribution in [2.45, 2.75) is 38.7 Å². The Morgan fingerprint density at radius 1 is 1.32 bits per heavy atom. The minimum absolute atomic E-state index is 0.0181. The van der Waals surface area contributed by atoms with Gasteiger partial charge in [-0.2, -0.15) is 9.37 Å². The molecule has 5 nitrogen and oxygen atoms in total. The summed E-state index contributed by atoms with van der Waals surface area (Å²) < 4.78 is 19.8. The second-order valence-electron chi connectivity index (χ2n) is 6.15. The van der Waals surface area contributed by atoms with Gasteiger partial charge in [0.2, 0.25) is 11.7 Å². The SMILES string of the molecule is CCc1ncnc(O[C@H]2CCN(C(=O)CCc3ccccc3)C2)c1F. The van der Waals surface area contributed by atoms with Crippen molar-refractivity contribution in [3.63, 3.8) is 0 Å². The number of aromatic nitrogens is 2. The molecule has 25 heavy (non-hydrogen) atoms. The number of ether oxygens (including phenoxy) is 1. The second-order valence-corrected chi connectivity index (χ2v) is 6.15. The van der Waals surface area contributed by atoms with Crippen LogP contribution in [0, 0.1) is 5.82 Å². The largest absolute Gasteiger partial charge is 0.470 e. The monoisotopic (exact) mass is 343 g/mol. The molecule has 1 fully saturated rings. The van der Waals surface area contributed by atoms with Crippen LogP contribution in [0.15, 0.2) is 36.7 Å². The first-order valence-corrected chi connectivity index (χ1v) is 8.65. The molecule has 1 amide bonds. The summed E-state index contributed by atoms with van der Waals surface area (Å²) in [5.41, 5.74) is 1.50. The van der Waals surface area contributed by atoms with Gasteiger partial charge < -0.3 is 9.64 Å². The fourth-order valence-electron chi connectivity index (χ4n) is 2.98. The van der Waals surface area contributed by atoms with Crippen LogP contribution in [0.4, 0.5) is 4.39 Å². The van der Waals surface area contributed by atoms with Crippen LogP contribution < -0.4 is 4.74 Å². The molecular formula is C19H22FN3O2. The molecule has 0 N–H and O–H groups in total. The lowest BCUT2D eigenvalue weighted by Crippen LogP contribution is -2.31. The highest BCUT2D eigenvalue weighted by Crippen LogP contribution is 2.21. The van der Waals surface area contributed by atoms with E-state index in [0.29, 0.717) is 38.0 Å². The zero-order valence-electron chi connectivity index (χ0n) is 14.3. The van der Waals surface area contributed by atoms with Gasteiger partial charge in [-0.3, -0.25) is 4.79 Å². The number of halogens is 1. The Balaban J connectivity index is 1.52. The van der Waals surface area contributed by atoms with E-state index in [1.807, 2.05) is 37.3 Å². The van der Waals surface area contributed by atoms with Crippen molar-refractivity contribution in [2.24, 2.45) is 0 Å². The molecule has 2 heterocycles. The lowest BCUT2D eigenvalue weighted by atomic mass is 10.1. The smallest absolute Gasteiger partial charge is 0.254 e.